The second-order valence-corrected chi connectivity index (χ2v) is 4.17. The zero-order valence-electron chi connectivity index (χ0n) is 10.4. The highest BCUT2D eigenvalue weighted by Crippen LogP contribution is 2.10. The SMILES string of the molecule is CC(NC(=O)CCCCC(=O)O)c1ccncc1. The van der Waals surface area contributed by atoms with Crippen molar-refractivity contribution >= 4 is 11.9 Å². The molecule has 0 bridgehead atoms. The Morgan fingerprint density at radius 2 is 1.89 bits per heavy atom. The molecule has 0 saturated heterocycles. The van der Waals surface area contributed by atoms with Gasteiger partial charge in [0.05, 0.1) is 6.04 Å². The molecular weight excluding hydrogens is 232 g/mol. The van der Waals surface area contributed by atoms with E-state index in [1.807, 2.05) is 19.1 Å². The van der Waals surface area contributed by atoms with Crippen LogP contribution in [0.2, 0.25) is 0 Å². The maximum Gasteiger partial charge on any atom is 0.303 e. The largest absolute Gasteiger partial charge is 0.481 e. The van der Waals surface area contributed by atoms with E-state index in [0.717, 1.165) is 5.56 Å². The number of nitrogens with one attached hydrogen (secondary N) is 1. The van der Waals surface area contributed by atoms with Gasteiger partial charge < -0.3 is 10.4 Å². The summed E-state index contributed by atoms with van der Waals surface area (Å²) in [5, 5.41) is 11.3. The first-order valence-electron chi connectivity index (χ1n) is 6.00. The number of carbonyl (C=O) groups excluding carboxylic acids is 1. The van der Waals surface area contributed by atoms with Crippen LogP contribution < -0.4 is 5.32 Å². The molecule has 0 spiro atoms. The lowest BCUT2D eigenvalue weighted by molar-refractivity contribution is -0.137. The van der Waals surface area contributed by atoms with Crippen LogP contribution in [-0.4, -0.2) is 22.0 Å². The molecule has 18 heavy (non-hydrogen) atoms. The van der Waals surface area contributed by atoms with E-state index in [2.05, 4.69) is 10.3 Å². The zero-order valence-corrected chi connectivity index (χ0v) is 10.4. The molecule has 0 aliphatic carbocycles. The summed E-state index contributed by atoms with van der Waals surface area (Å²) in [4.78, 5) is 25.8. The van der Waals surface area contributed by atoms with Gasteiger partial charge in [-0.15, -0.1) is 0 Å². The first kappa shape index (κ1) is 14.2. The Hall–Kier alpha value is -1.91. The van der Waals surface area contributed by atoms with Gasteiger partial charge in [-0.1, -0.05) is 0 Å². The van der Waals surface area contributed by atoms with Gasteiger partial charge in [0.2, 0.25) is 5.91 Å². The second-order valence-electron chi connectivity index (χ2n) is 4.17. The minimum absolute atomic E-state index is 0.0512. The summed E-state index contributed by atoms with van der Waals surface area (Å²) in [5.74, 6) is -0.870. The number of amides is 1. The Morgan fingerprint density at radius 1 is 1.28 bits per heavy atom. The number of pyridine rings is 1. The molecule has 0 aliphatic heterocycles. The number of carboxylic acids is 1. The lowest BCUT2D eigenvalue weighted by Crippen LogP contribution is -2.26. The van der Waals surface area contributed by atoms with Crippen LogP contribution in [0.25, 0.3) is 0 Å². The molecule has 0 aromatic carbocycles. The number of rotatable bonds is 7. The lowest BCUT2D eigenvalue weighted by Gasteiger charge is -2.13. The number of hydrogen-bond acceptors (Lipinski definition) is 3. The second kappa shape index (κ2) is 7.42. The quantitative estimate of drug-likeness (QED) is 0.724. The van der Waals surface area contributed by atoms with Crippen molar-refractivity contribution in [1.29, 1.82) is 0 Å². The first-order valence-corrected chi connectivity index (χ1v) is 6.00. The van der Waals surface area contributed by atoms with Crippen LogP contribution in [0.15, 0.2) is 24.5 Å². The molecule has 98 valence electrons. The third kappa shape index (κ3) is 5.43. The molecule has 5 nitrogen and oxygen atoms in total. The van der Waals surface area contributed by atoms with E-state index in [1.165, 1.54) is 0 Å². The Kier molecular flexibility index (Phi) is 5.84. The van der Waals surface area contributed by atoms with Gasteiger partial charge in [-0.2, -0.15) is 0 Å². The van der Waals surface area contributed by atoms with E-state index >= 15 is 0 Å². The fraction of sp³-hybridized carbons (Fsp3) is 0.462. The molecule has 1 heterocycles. The summed E-state index contributed by atoms with van der Waals surface area (Å²) in [5.41, 5.74) is 1.00. The number of carbonyl (C=O) groups is 2. The van der Waals surface area contributed by atoms with Crippen LogP contribution in [-0.2, 0) is 9.59 Å². The van der Waals surface area contributed by atoms with Crippen molar-refractivity contribution in [3.8, 4) is 0 Å². The van der Waals surface area contributed by atoms with Crippen LogP contribution in [0, 0.1) is 0 Å². The van der Waals surface area contributed by atoms with Crippen molar-refractivity contribution in [3.05, 3.63) is 30.1 Å². The van der Waals surface area contributed by atoms with Crippen LogP contribution in [0.4, 0.5) is 0 Å². The molecule has 1 atom stereocenters. The maximum absolute atomic E-state index is 11.6. The lowest BCUT2D eigenvalue weighted by atomic mass is 10.1. The number of unbranched alkanes of at least 4 members (excludes halogenated alkanes) is 1. The molecule has 0 radical (unpaired) electrons. The number of aliphatic carboxylic acids is 1. The fourth-order valence-electron chi connectivity index (χ4n) is 1.61. The average Bonchev–Trinajstić information content (AvgIpc) is 2.35. The van der Waals surface area contributed by atoms with Crippen molar-refractivity contribution < 1.29 is 14.7 Å². The van der Waals surface area contributed by atoms with Crippen LogP contribution in [0.1, 0.15) is 44.2 Å². The third-order valence-electron chi connectivity index (χ3n) is 2.63. The summed E-state index contributed by atoms with van der Waals surface area (Å²) in [6, 6.07) is 3.66. The van der Waals surface area contributed by atoms with Crippen molar-refractivity contribution in [1.82, 2.24) is 10.3 Å². The molecule has 1 unspecified atom stereocenters. The molecule has 0 fully saturated rings. The number of nitrogens with zero attached hydrogens (tertiary/aromatic N) is 1. The predicted octanol–water partition coefficient (Wildman–Crippen LogP) is 1.90. The van der Waals surface area contributed by atoms with E-state index in [1.54, 1.807) is 12.4 Å². The number of aromatic nitrogens is 1. The number of hydrogen-bond donors (Lipinski definition) is 2. The first-order chi connectivity index (χ1) is 8.59. The normalized spacial score (nSPS) is 11.8. The van der Waals surface area contributed by atoms with E-state index < -0.39 is 5.97 Å². The van der Waals surface area contributed by atoms with E-state index in [0.29, 0.717) is 19.3 Å². The predicted molar refractivity (Wildman–Crippen MR) is 66.9 cm³/mol. The standard InChI is InChI=1S/C13H18N2O3/c1-10(11-6-8-14-9-7-11)15-12(16)4-2-3-5-13(17)18/h6-10H,2-5H2,1H3,(H,15,16)(H,17,18). The van der Waals surface area contributed by atoms with Gasteiger partial charge >= 0.3 is 5.97 Å². The van der Waals surface area contributed by atoms with Gasteiger partial charge in [0.25, 0.3) is 0 Å². The van der Waals surface area contributed by atoms with Crippen molar-refractivity contribution in [3.63, 3.8) is 0 Å². The smallest absolute Gasteiger partial charge is 0.303 e. The van der Waals surface area contributed by atoms with Crippen molar-refractivity contribution in [2.45, 2.75) is 38.6 Å². The van der Waals surface area contributed by atoms with Gasteiger partial charge in [0.1, 0.15) is 0 Å². The zero-order chi connectivity index (χ0) is 13.4. The highest BCUT2D eigenvalue weighted by Gasteiger charge is 2.09. The van der Waals surface area contributed by atoms with E-state index in [9.17, 15) is 9.59 Å². The summed E-state index contributed by atoms with van der Waals surface area (Å²) >= 11 is 0. The topological polar surface area (TPSA) is 79.3 Å². The monoisotopic (exact) mass is 250 g/mol. The molecule has 1 rings (SSSR count). The molecule has 1 aromatic heterocycles. The minimum atomic E-state index is -0.819. The fourth-order valence-corrected chi connectivity index (χ4v) is 1.61. The van der Waals surface area contributed by atoms with Crippen LogP contribution in [0.3, 0.4) is 0 Å². The van der Waals surface area contributed by atoms with Crippen LogP contribution >= 0.6 is 0 Å². The third-order valence-corrected chi connectivity index (χ3v) is 2.63. The Labute approximate surface area is 106 Å². The Morgan fingerprint density at radius 3 is 2.50 bits per heavy atom. The van der Waals surface area contributed by atoms with Gasteiger partial charge in [0.15, 0.2) is 0 Å². The Balaban J connectivity index is 2.26. The summed E-state index contributed by atoms with van der Waals surface area (Å²) in [6.07, 6.45) is 4.99. The number of carboxylic acid groups (broad SMARTS) is 1. The van der Waals surface area contributed by atoms with Crippen molar-refractivity contribution in [2.24, 2.45) is 0 Å². The minimum Gasteiger partial charge on any atom is -0.481 e. The molecule has 2 N–H and O–H groups in total. The molecule has 1 aromatic rings. The summed E-state index contributed by atoms with van der Waals surface area (Å²) < 4.78 is 0. The average molecular weight is 250 g/mol. The van der Waals surface area contributed by atoms with Gasteiger partial charge in [0, 0.05) is 25.2 Å². The van der Waals surface area contributed by atoms with Crippen LogP contribution in [0.5, 0.6) is 0 Å². The van der Waals surface area contributed by atoms with E-state index in [4.69, 9.17) is 5.11 Å². The van der Waals surface area contributed by atoms with Gasteiger partial charge in [-0.3, -0.25) is 14.6 Å². The molecular formula is C13H18N2O3. The van der Waals surface area contributed by atoms with Gasteiger partial charge in [-0.05, 0) is 37.5 Å². The van der Waals surface area contributed by atoms with Crippen molar-refractivity contribution in [2.75, 3.05) is 0 Å². The highest BCUT2D eigenvalue weighted by molar-refractivity contribution is 5.76. The Bertz CT molecular complexity index is 392. The maximum atomic E-state index is 11.6. The summed E-state index contributed by atoms with van der Waals surface area (Å²) in [7, 11) is 0. The molecule has 5 heteroatoms. The van der Waals surface area contributed by atoms with E-state index in [-0.39, 0.29) is 18.4 Å². The van der Waals surface area contributed by atoms with Gasteiger partial charge in [-0.25, -0.2) is 0 Å². The molecule has 0 saturated carbocycles. The molecule has 1 amide bonds. The molecule has 0 aliphatic rings. The summed E-state index contributed by atoms with van der Waals surface area (Å²) in [6.45, 7) is 1.91. The highest BCUT2D eigenvalue weighted by atomic mass is 16.4.